The molecule has 0 aliphatic rings. The van der Waals surface area contributed by atoms with E-state index >= 15 is 0 Å². The second-order valence-corrected chi connectivity index (χ2v) is 3.65. The normalized spacial score (nSPS) is 10.2. The van der Waals surface area contributed by atoms with Crippen LogP contribution in [0.1, 0.15) is 5.56 Å². The van der Waals surface area contributed by atoms with Crippen LogP contribution in [-0.4, -0.2) is 0 Å². The molecule has 0 bridgehead atoms. The van der Waals surface area contributed by atoms with E-state index in [9.17, 15) is 0 Å². The molecule has 0 N–H and O–H groups in total. The average molecular weight is 236 g/mol. The first-order valence-corrected chi connectivity index (χ1v) is 4.63. The molecule has 1 aromatic carbocycles. The number of furan rings is 1. The standard InChI is InChI=1S/C10H6BrNO/c11-8-1-2-10-9(5-8)7(3-4-12)6-13-10/h1-2,5-6H,3H2. The molecule has 0 atom stereocenters. The Morgan fingerprint density at radius 3 is 3.08 bits per heavy atom. The lowest BCUT2D eigenvalue weighted by Gasteiger charge is -1.91. The van der Waals surface area contributed by atoms with Gasteiger partial charge in [-0.25, -0.2) is 0 Å². The van der Waals surface area contributed by atoms with E-state index in [1.807, 2.05) is 18.2 Å². The molecule has 2 nitrogen and oxygen atoms in total. The largest absolute Gasteiger partial charge is 0.464 e. The molecule has 0 fully saturated rings. The summed E-state index contributed by atoms with van der Waals surface area (Å²) in [5.74, 6) is 0. The zero-order valence-electron chi connectivity index (χ0n) is 6.75. The molecule has 0 aliphatic carbocycles. The van der Waals surface area contributed by atoms with Gasteiger partial charge in [-0.1, -0.05) is 15.9 Å². The molecule has 3 heteroatoms. The van der Waals surface area contributed by atoms with Crippen LogP contribution in [0.15, 0.2) is 33.4 Å². The van der Waals surface area contributed by atoms with E-state index in [0.717, 1.165) is 21.0 Å². The highest BCUT2D eigenvalue weighted by Gasteiger charge is 2.04. The van der Waals surface area contributed by atoms with Gasteiger partial charge in [0.1, 0.15) is 5.58 Å². The van der Waals surface area contributed by atoms with Crippen LogP contribution < -0.4 is 0 Å². The second kappa shape index (κ2) is 3.23. The summed E-state index contributed by atoms with van der Waals surface area (Å²) in [6.07, 6.45) is 2.03. The van der Waals surface area contributed by atoms with Gasteiger partial charge in [0.25, 0.3) is 0 Å². The number of nitrogens with zero attached hydrogens (tertiary/aromatic N) is 1. The number of rotatable bonds is 1. The van der Waals surface area contributed by atoms with Crippen molar-refractivity contribution in [3.8, 4) is 6.07 Å². The van der Waals surface area contributed by atoms with Crippen LogP contribution in [-0.2, 0) is 6.42 Å². The Bertz CT molecular complexity index is 481. The molecule has 2 rings (SSSR count). The van der Waals surface area contributed by atoms with Crippen molar-refractivity contribution in [1.82, 2.24) is 0 Å². The van der Waals surface area contributed by atoms with Crippen LogP contribution in [0.3, 0.4) is 0 Å². The number of hydrogen-bond donors (Lipinski definition) is 0. The summed E-state index contributed by atoms with van der Waals surface area (Å²) in [5, 5.41) is 9.57. The minimum atomic E-state index is 0.392. The van der Waals surface area contributed by atoms with E-state index in [2.05, 4.69) is 22.0 Å². The highest BCUT2D eigenvalue weighted by atomic mass is 79.9. The quantitative estimate of drug-likeness (QED) is 0.761. The van der Waals surface area contributed by atoms with Crippen LogP contribution >= 0.6 is 15.9 Å². The predicted octanol–water partition coefficient (Wildman–Crippen LogP) is 3.26. The van der Waals surface area contributed by atoms with Gasteiger partial charge in [0, 0.05) is 15.4 Å². The fourth-order valence-corrected chi connectivity index (χ4v) is 1.64. The molecule has 64 valence electrons. The molecule has 13 heavy (non-hydrogen) atoms. The molecule has 0 saturated carbocycles. The molecule has 1 heterocycles. The number of fused-ring (bicyclic) bond motifs is 1. The Morgan fingerprint density at radius 1 is 1.46 bits per heavy atom. The number of benzene rings is 1. The van der Waals surface area contributed by atoms with Crippen LogP contribution in [0, 0.1) is 11.3 Å². The second-order valence-electron chi connectivity index (χ2n) is 2.74. The Labute approximate surface area is 83.9 Å². The maximum atomic E-state index is 8.56. The first-order chi connectivity index (χ1) is 6.31. The van der Waals surface area contributed by atoms with Crippen molar-refractivity contribution in [3.05, 3.63) is 34.5 Å². The third kappa shape index (κ3) is 1.45. The molecule has 2 aromatic rings. The van der Waals surface area contributed by atoms with Crippen LogP contribution in [0.2, 0.25) is 0 Å². The number of nitriles is 1. The van der Waals surface area contributed by atoms with Gasteiger partial charge in [0.05, 0.1) is 18.8 Å². The maximum absolute atomic E-state index is 8.56. The summed E-state index contributed by atoms with van der Waals surface area (Å²) < 4.78 is 6.29. The van der Waals surface area contributed by atoms with Gasteiger partial charge in [-0.3, -0.25) is 0 Å². The SMILES string of the molecule is N#CCc1coc2ccc(Br)cc12. The topological polar surface area (TPSA) is 36.9 Å². The summed E-state index contributed by atoms with van der Waals surface area (Å²) in [5.41, 5.74) is 1.77. The molecule has 0 radical (unpaired) electrons. The zero-order chi connectivity index (χ0) is 9.26. The smallest absolute Gasteiger partial charge is 0.134 e. The van der Waals surface area contributed by atoms with Crippen LogP contribution in [0.25, 0.3) is 11.0 Å². The van der Waals surface area contributed by atoms with Crippen molar-refractivity contribution in [2.45, 2.75) is 6.42 Å². The highest BCUT2D eigenvalue weighted by Crippen LogP contribution is 2.24. The van der Waals surface area contributed by atoms with E-state index in [0.29, 0.717) is 6.42 Å². The van der Waals surface area contributed by atoms with E-state index < -0.39 is 0 Å². The van der Waals surface area contributed by atoms with E-state index in [1.54, 1.807) is 6.26 Å². The van der Waals surface area contributed by atoms with Gasteiger partial charge in [-0.05, 0) is 18.2 Å². The lowest BCUT2D eigenvalue weighted by atomic mass is 10.1. The lowest BCUT2D eigenvalue weighted by molar-refractivity contribution is 0.612. The van der Waals surface area contributed by atoms with E-state index in [4.69, 9.17) is 9.68 Å². The number of hydrogen-bond acceptors (Lipinski definition) is 2. The van der Waals surface area contributed by atoms with Gasteiger partial charge >= 0.3 is 0 Å². The highest BCUT2D eigenvalue weighted by molar-refractivity contribution is 9.10. The molecule has 0 saturated heterocycles. The molecular weight excluding hydrogens is 230 g/mol. The molecule has 0 amide bonds. The molecule has 0 unspecified atom stereocenters. The molecule has 1 aromatic heterocycles. The summed E-state index contributed by atoms with van der Waals surface area (Å²) >= 11 is 3.38. The third-order valence-corrected chi connectivity index (χ3v) is 2.38. The predicted molar refractivity (Wildman–Crippen MR) is 53.2 cm³/mol. The van der Waals surface area contributed by atoms with Gasteiger partial charge in [0.2, 0.25) is 0 Å². The van der Waals surface area contributed by atoms with Crippen molar-refractivity contribution in [2.24, 2.45) is 0 Å². The van der Waals surface area contributed by atoms with Gasteiger partial charge in [0.15, 0.2) is 0 Å². The van der Waals surface area contributed by atoms with Crippen molar-refractivity contribution in [3.63, 3.8) is 0 Å². The minimum Gasteiger partial charge on any atom is -0.464 e. The fourth-order valence-electron chi connectivity index (χ4n) is 1.28. The van der Waals surface area contributed by atoms with E-state index in [1.165, 1.54) is 0 Å². The Kier molecular flexibility index (Phi) is 2.07. The van der Waals surface area contributed by atoms with Crippen LogP contribution in [0.5, 0.6) is 0 Å². The summed E-state index contributed by atoms with van der Waals surface area (Å²) in [7, 11) is 0. The van der Waals surface area contributed by atoms with Crippen molar-refractivity contribution < 1.29 is 4.42 Å². The maximum Gasteiger partial charge on any atom is 0.134 e. The van der Waals surface area contributed by atoms with Crippen molar-refractivity contribution in [1.29, 1.82) is 5.26 Å². The van der Waals surface area contributed by atoms with Gasteiger partial charge in [-0.2, -0.15) is 5.26 Å². The first-order valence-electron chi connectivity index (χ1n) is 3.84. The summed E-state index contributed by atoms with van der Waals surface area (Å²) in [6, 6.07) is 7.88. The first kappa shape index (κ1) is 8.33. The third-order valence-electron chi connectivity index (χ3n) is 1.89. The molecule has 0 aliphatic heterocycles. The van der Waals surface area contributed by atoms with Gasteiger partial charge in [-0.15, -0.1) is 0 Å². The van der Waals surface area contributed by atoms with Gasteiger partial charge < -0.3 is 4.42 Å². The fraction of sp³-hybridized carbons (Fsp3) is 0.100. The average Bonchev–Trinajstić information content (AvgIpc) is 2.49. The van der Waals surface area contributed by atoms with Crippen molar-refractivity contribution in [2.75, 3.05) is 0 Å². The lowest BCUT2D eigenvalue weighted by Crippen LogP contribution is -1.76. The zero-order valence-corrected chi connectivity index (χ0v) is 8.34. The van der Waals surface area contributed by atoms with E-state index in [-0.39, 0.29) is 0 Å². The van der Waals surface area contributed by atoms with Crippen molar-refractivity contribution >= 4 is 26.9 Å². The Morgan fingerprint density at radius 2 is 2.31 bits per heavy atom. The molecular formula is C10H6BrNO. The summed E-state index contributed by atoms with van der Waals surface area (Å²) in [4.78, 5) is 0. The Hall–Kier alpha value is -1.27. The monoisotopic (exact) mass is 235 g/mol. The number of halogens is 1. The van der Waals surface area contributed by atoms with Crippen LogP contribution in [0.4, 0.5) is 0 Å². The Balaban J connectivity index is 2.66. The molecule has 0 spiro atoms. The minimum absolute atomic E-state index is 0.392. The summed E-state index contributed by atoms with van der Waals surface area (Å²) in [6.45, 7) is 0.